The topological polar surface area (TPSA) is 70.7 Å². The smallest absolute Gasteiger partial charge is 0.413 e. The fourth-order valence-corrected chi connectivity index (χ4v) is 3.05. The third kappa shape index (κ3) is 4.14. The zero-order chi connectivity index (χ0) is 20.5. The van der Waals surface area contributed by atoms with E-state index in [0.29, 0.717) is 5.56 Å². The molecule has 0 fully saturated rings. The molecule has 0 saturated heterocycles. The molecular formula is C20H20ClFN4O2. The van der Waals surface area contributed by atoms with Crippen LogP contribution in [0.1, 0.15) is 26.3 Å². The highest BCUT2D eigenvalue weighted by Gasteiger charge is 2.24. The molecule has 0 radical (unpaired) electrons. The minimum atomic E-state index is -1.15. The van der Waals surface area contributed by atoms with Gasteiger partial charge >= 0.3 is 6.09 Å². The van der Waals surface area contributed by atoms with Crippen molar-refractivity contribution in [2.75, 3.05) is 0 Å². The second-order valence-electron chi connectivity index (χ2n) is 7.33. The minimum Gasteiger partial charge on any atom is -0.465 e. The molecule has 3 rings (SSSR count). The number of hydrogen-bond donors (Lipinski definition) is 1. The third-order valence-corrected chi connectivity index (χ3v) is 4.62. The van der Waals surface area contributed by atoms with Crippen LogP contribution in [0.25, 0.3) is 10.9 Å². The number of aromatic nitrogens is 2. The summed E-state index contributed by atoms with van der Waals surface area (Å²) in [5, 5.41) is 10.5. The first-order chi connectivity index (χ1) is 13.2. The van der Waals surface area contributed by atoms with Gasteiger partial charge in [0, 0.05) is 28.9 Å². The molecule has 1 amide bonds. The highest BCUT2D eigenvalue weighted by Crippen LogP contribution is 2.28. The summed E-state index contributed by atoms with van der Waals surface area (Å²) in [4.78, 5) is 20.6. The van der Waals surface area contributed by atoms with Crippen LogP contribution in [0.3, 0.4) is 0 Å². The lowest BCUT2D eigenvalue weighted by molar-refractivity contribution is 0.143. The van der Waals surface area contributed by atoms with Gasteiger partial charge in [0.1, 0.15) is 12.2 Å². The number of pyridine rings is 1. The van der Waals surface area contributed by atoms with Gasteiger partial charge < -0.3 is 9.67 Å². The maximum Gasteiger partial charge on any atom is 0.413 e. The lowest BCUT2D eigenvalue weighted by Crippen LogP contribution is -2.43. The molecule has 8 heteroatoms. The highest BCUT2D eigenvalue weighted by molar-refractivity contribution is 6.31. The number of amides is 1. The molecule has 6 nitrogen and oxygen atoms in total. The van der Waals surface area contributed by atoms with Crippen molar-refractivity contribution in [3.63, 3.8) is 0 Å². The van der Waals surface area contributed by atoms with E-state index < -0.39 is 17.4 Å². The molecule has 2 heterocycles. The van der Waals surface area contributed by atoms with Crippen LogP contribution < -0.4 is 0 Å². The average Bonchev–Trinajstić information content (AvgIpc) is 3.00. The van der Waals surface area contributed by atoms with Crippen molar-refractivity contribution in [1.29, 1.82) is 0 Å². The van der Waals surface area contributed by atoms with E-state index in [1.165, 1.54) is 12.1 Å². The zero-order valence-electron chi connectivity index (χ0n) is 15.7. The van der Waals surface area contributed by atoms with Gasteiger partial charge in [-0.05, 0) is 45.0 Å². The maximum atomic E-state index is 14.7. The molecule has 0 aliphatic carbocycles. The van der Waals surface area contributed by atoms with E-state index in [1.807, 2.05) is 22.9 Å². The summed E-state index contributed by atoms with van der Waals surface area (Å²) >= 11 is 6.30. The Kier molecular flexibility index (Phi) is 5.38. The van der Waals surface area contributed by atoms with Crippen LogP contribution in [0, 0.1) is 5.82 Å². The average molecular weight is 403 g/mol. The summed E-state index contributed by atoms with van der Waals surface area (Å²) in [6.45, 7) is 5.45. The SMILES string of the molecule is CC(C)(C)N(C=Nc1cc(F)c(Cn2ccc3ccncc32)c(Cl)c1)C(=O)O. The molecular weight excluding hydrogens is 383 g/mol. The molecule has 1 N–H and O–H groups in total. The number of fused-ring (bicyclic) bond motifs is 1. The van der Waals surface area contributed by atoms with Crippen LogP contribution in [0.2, 0.25) is 5.02 Å². The molecule has 0 atom stereocenters. The number of benzene rings is 1. The van der Waals surface area contributed by atoms with Gasteiger partial charge in [0.15, 0.2) is 0 Å². The van der Waals surface area contributed by atoms with Gasteiger partial charge in [-0.3, -0.25) is 9.88 Å². The Morgan fingerprint density at radius 1 is 1.39 bits per heavy atom. The summed E-state index contributed by atoms with van der Waals surface area (Å²) in [6.07, 6.45) is 5.28. The standard InChI is InChI=1S/C20H20ClFN4O2/c1-20(2,3)26(19(27)28)12-24-14-8-16(21)15(17(22)9-14)11-25-7-5-13-4-6-23-10-18(13)25/h4-10,12H,11H2,1-3H3,(H,27,28). The summed E-state index contributed by atoms with van der Waals surface area (Å²) in [7, 11) is 0. The molecule has 0 aliphatic heterocycles. The van der Waals surface area contributed by atoms with E-state index in [4.69, 9.17) is 11.6 Å². The normalized spacial score (nSPS) is 12.0. The van der Waals surface area contributed by atoms with Crippen molar-refractivity contribution < 1.29 is 14.3 Å². The van der Waals surface area contributed by atoms with Gasteiger partial charge in [0.25, 0.3) is 0 Å². The fourth-order valence-electron chi connectivity index (χ4n) is 2.79. The second kappa shape index (κ2) is 7.59. The van der Waals surface area contributed by atoms with Crippen molar-refractivity contribution >= 4 is 40.6 Å². The van der Waals surface area contributed by atoms with Gasteiger partial charge in [-0.15, -0.1) is 0 Å². The quantitative estimate of drug-likeness (QED) is 0.474. The lowest BCUT2D eigenvalue weighted by Gasteiger charge is -2.28. The number of carboxylic acid groups (broad SMARTS) is 1. The number of rotatable bonds is 4. The molecule has 0 unspecified atom stereocenters. The Hall–Kier alpha value is -2.93. The van der Waals surface area contributed by atoms with E-state index in [2.05, 4.69) is 9.98 Å². The largest absolute Gasteiger partial charge is 0.465 e. The molecule has 0 spiro atoms. The van der Waals surface area contributed by atoms with Gasteiger partial charge in [0.2, 0.25) is 0 Å². The molecule has 2 aromatic heterocycles. The van der Waals surface area contributed by atoms with Crippen molar-refractivity contribution in [2.45, 2.75) is 32.9 Å². The summed E-state index contributed by atoms with van der Waals surface area (Å²) in [5.74, 6) is -0.511. The predicted molar refractivity (Wildman–Crippen MR) is 108 cm³/mol. The first kappa shape index (κ1) is 19.8. The minimum absolute atomic E-state index is 0.218. The van der Waals surface area contributed by atoms with Crippen molar-refractivity contribution in [3.05, 3.63) is 59.3 Å². The molecule has 0 bridgehead atoms. The van der Waals surface area contributed by atoms with E-state index in [9.17, 15) is 14.3 Å². The van der Waals surface area contributed by atoms with E-state index in [1.54, 1.807) is 33.2 Å². The van der Waals surface area contributed by atoms with Crippen LogP contribution in [0.15, 0.2) is 47.8 Å². The Morgan fingerprint density at radius 2 is 2.14 bits per heavy atom. The van der Waals surface area contributed by atoms with Gasteiger partial charge in [-0.25, -0.2) is 14.2 Å². The monoisotopic (exact) mass is 402 g/mol. The summed E-state index contributed by atoms with van der Waals surface area (Å²) in [5.41, 5.74) is 0.761. The van der Waals surface area contributed by atoms with Crippen LogP contribution in [0.4, 0.5) is 14.9 Å². The van der Waals surface area contributed by atoms with Crippen molar-refractivity contribution in [2.24, 2.45) is 4.99 Å². The van der Waals surface area contributed by atoms with Gasteiger partial charge in [0.05, 0.1) is 29.0 Å². The molecule has 0 saturated carbocycles. The molecule has 146 valence electrons. The Labute approximate surface area is 166 Å². The number of halogens is 2. The van der Waals surface area contributed by atoms with Gasteiger partial charge in [-0.2, -0.15) is 0 Å². The predicted octanol–water partition coefficient (Wildman–Crippen LogP) is 5.32. The molecule has 1 aromatic carbocycles. The van der Waals surface area contributed by atoms with Crippen LogP contribution in [-0.2, 0) is 6.54 Å². The van der Waals surface area contributed by atoms with Crippen molar-refractivity contribution in [3.8, 4) is 0 Å². The number of aliphatic imine (C=N–C) groups is 1. The Bertz CT molecular complexity index is 1030. The Balaban J connectivity index is 1.89. The van der Waals surface area contributed by atoms with Crippen LogP contribution in [0.5, 0.6) is 0 Å². The van der Waals surface area contributed by atoms with E-state index >= 15 is 0 Å². The maximum absolute atomic E-state index is 14.7. The number of carbonyl (C=O) groups is 1. The van der Waals surface area contributed by atoms with Crippen LogP contribution in [-0.4, -0.2) is 37.5 Å². The Morgan fingerprint density at radius 3 is 2.79 bits per heavy atom. The summed E-state index contributed by atoms with van der Waals surface area (Å²) < 4.78 is 16.6. The first-order valence-corrected chi connectivity index (χ1v) is 8.98. The zero-order valence-corrected chi connectivity index (χ0v) is 16.5. The van der Waals surface area contributed by atoms with E-state index in [0.717, 1.165) is 22.1 Å². The van der Waals surface area contributed by atoms with Crippen LogP contribution >= 0.6 is 11.6 Å². The first-order valence-electron chi connectivity index (χ1n) is 8.60. The van der Waals surface area contributed by atoms with E-state index in [-0.39, 0.29) is 17.3 Å². The molecule has 3 aromatic rings. The molecule has 0 aliphatic rings. The van der Waals surface area contributed by atoms with Crippen molar-refractivity contribution in [1.82, 2.24) is 14.5 Å². The number of hydrogen-bond acceptors (Lipinski definition) is 3. The fraction of sp³-hybridized carbons (Fsp3) is 0.250. The third-order valence-electron chi connectivity index (χ3n) is 4.28. The number of nitrogens with zero attached hydrogens (tertiary/aromatic N) is 4. The highest BCUT2D eigenvalue weighted by atomic mass is 35.5. The van der Waals surface area contributed by atoms with Gasteiger partial charge in [-0.1, -0.05) is 11.6 Å². The lowest BCUT2D eigenvalue weighted by atomic mass is 10.1. The summed E-state index contributed by atoms with van der Waals surface area (Å²) in [6, 6.07) is 6.56. The molecule has 28 heavy (non-hydrogen) atoms. The second-order valence-corrected chi connectivity index (χ2v) is 7.74.